The normalized spacial score (nSPS) is 11.0. The van der Waals surface area contributed by atoms with E-state index in [-0.39, 0.29) is 24.3 Å². The van der Waals surface area contributed by atoms with E-state index in [0.29, 0.717) is 38.8 Å². The molecular formula is C20H19ClN4O4. The number of hydrogen-bond donors (Lipinski definition) is 2. The summed E-state index contributed by atoms with van der Waals surface area (Å²) in [6.07, 6.45) is 1.70. The molecule has 0 radical (unpaired) electrons. The maximum absolute atomic E-state index is 12.1. The fourth-order valence-electron chi connectivity index (χ4n) is 2.72. The number of aryl methyl sites for hydroxylation is 1. The molecule has 9 heteroatoms. The van der Waals surface area contributed by atoms with Crippen molar-refractivity contribution in [2.24, 2.45) is 5.10 Å². The molecule has 0 fully saturated rings. The van der Waals surface area contributed by atoms with E-state index >= 15 is 0 Å². The van der Waals surface area contributed by atoms with Crippen LogP contribution in [0.2, 0.25) is 5.02 Å². The van der Waals surface area contributed by atoms with Crippen LogP contribution in [0.15, 0.2) is 46.3 Å². The van der Waals surface area contributed by atoms with Gasteiger partial charge in [0.1, 0.15) is 5.69 Å². The van der Waals surface area contributed by atoms with Crippen LogP contribution in [0.5, 0.6) is 11.5 Å². The molecule has 2 aromatic carbocycles. The molecule has 1 aromatic heterocycles. The van der Waals surface area contributed by atoms with E-state index in [1.165, 1.54) is 20.4 Å². The van der Waals surface area contributed by atoms with E-state index in [9.17, 15) is 9.59 Å². The van der Waals surface area contributed by atoms with Crippen molar-refractivity contribution in [3.05, 3.63) is 63.0 Å². The minimum atomic E-state index is -0.345. The number of nitrogens with one attached hydrogen (secondary N) is 2. The number of para-hydroxylation sites is 2. The summed E-state index contributed by atoms with van der Waals surface area (Å²) in [5.74, 6) is 0.528. The third-order valence-electron chi connectivity index (χ3n) is 4.12. The summed E-state index contributed by atoms with van der Waals surface area (Å²) in [4.78, 5) is 31.2. The number of benzene rings is 2. The van der Waals surface area contributed by atoms with Gasteiger partial charge in [0.2, 0.25) is 5.91 Å². The highest BCUT2D eigenvalue weighted by atomic mass is 35.5. The Bertz CT molecular complexity index is 1130. The first-order valence-corrected chi connectivity index (χ1v) is 9.11. The van der Waals surface area contributed by atoms with Crippen LogP contribution in [-0.4, -0.2) is 36.3 Å². The average Bonchev–Trinajstić information content (AvgIpc) is 2.71. The number of aromatic amines is 1. The fourth-order valence-corrected chi connectivity index (χ4v) is 3.01. The van der Waals surface area contributed by atoms with E-state index < -0.39 is 0 Å². The first kappa shape index (κ1) is 20.3. The Labute approximate surface area is 171 Å². The number of hydrazone groups is 1. The number of amides is 1. The molecule has 0 saturated heterocycles. The van der Waals surface area contributed by atoms with E-state index in [1.807, 2.05) is 12.1 Å². The molecule has 150 valence electrons. The van der Waals surface area contributed by atoms with Gasteiger partial charge in [-0.15, -0.1) is 0 Å². The van der Waals surface area contributed by atoms with Crippen LogP contribution in [0.25, 0.3) is 11.0 Å². The zero-order valence-electron chi connectivity index (χ0n) is 15.9. The van der Waals surface area contributed by atoms with Gasteiger partial charge in [-0.25, -0.2) is 10.4 Å². The van der Waals surface area contributed by atoms with Crippen molar-refractivity contribution in [2.45, 2.75) is 12.8 Å². The number of rotatable bonds is 7. The van der Waals surface area contributed by atoms with Crippen molar-refractivity contribution in [1.29, 1.82) is 0 Å². The van der Waals surface area contributed by atoms with E-state index in [0.717, 1.165) is 0 Å². The lowest BCUT2D eigenvalue weighted by Gasteiger charge is -2.09. The van der Waals surface area contributed by atoms with Crippen LogP contribution in [0, 0.1) is 0 Å². The monoisotopic (exact) mass is 414 g/mol. The van der Waals surface area contributed by atoms with Gasteiger partial charge in [0.15, 0.2) is 11.5 Å². The van der Waals surface area contributed by atoms with E-state index in [2.05, 4.69) is 20.5 Å². The van der Waals surface area contributed by atoms with Crippen LogP contribution in [0.3, 0.4) is 0 Å². The molecule has 3 rings (SSSR count). The van der Waals surface area contributed by atoms with Gasteiger partial charge < -0.3 is 14.5 Å². The minimum absolute atomic E-state index is 0.0679. The molecule has 0 unspecified atom stereocenters. The Morgan fingerprint density at radius 2 is 2.07 bits per heavy atom. The highest BCUT2D eigenvalue weighted by molar-refractivity contribution is 6.32. The van der Waals surface area contributed by atoms with E-state index in [4.69, 9.17) is 21.1 Å². The van der Waals surface area contributed by atoms with Crippen LogP contribution < -0.4 is 20.5 Å². The van der Waals surface area contributed by atoms with Crippen LogP contribution >= 0.6 is 11.6 Å². The standard InChI is InChI=1S/C20H19ClN4O4/c1-28-17-10-12(9-13(21)19(17)29-2)11-22-25-18(26)8-7-16-20(27)24-15-6-4-3-5-14(15)23-16/h3-6,9-11H,7-8H2,1-2H3,(H,24,27)(H,25,26)/b22-11-. The topological polar surface area (TPSA) is 106 Å². The lowest BCUT2D eigenvalue weighted by atomic mass is 10.2. The van der Waals surface area contributed by atoms with Gasteiger partial charge in [-0.05, 0) is 29.8 Å². The van der Waals surface area contributed by atoms with Gasteiger partial charge in [-0.2, -0.15) is 5.10 Å². The van der Waals surface area contributed by atoms with Crippen LogP contribution in [0.1, 0.15) is 17.7 Å². The molecule has 0 atom stereocenters. The molecule has 1 amide bonds. The number of methoxy groups -OCH3 is 2. The van der Waals surface area contributed by atoms with Crippen molar-refractivity contribution in [3.8, 4) is 11.5 Å². The van der Waals surface area contributed by atoms with Gasteiger partial charge >= 0.3 is 0 Å². The molecule has 0 aliphatic carbocycles. The Hall–Kier alpha value is -3.39. The lowest BCUT2D eigenvalue weighted by molar-refractivity contribution is -0.121. The Kier molecular flexibility index (Phi) is 6.46. The number of ether oxygens (including phenoxy) is 2. The summed E-state index contributed by atoms with van der Waals surface area (Å²) < 4.78 is 10.4. The molecule has 3 aromatic rings. The smallest absolute Gasteiger partial charge is 0.270 e. The summed E-state index contributed by atoms with van der Waals surface area (Å²) in [5.41, 5.74) is 4.37. The number of carbonyl (C=O) groups excluding carboxylic acids is 1. The van der Waals surface area contributed by atoms with Crippen molar-refractivity contribution < 1.29 is 14.3 Å². The van der Waals surface area contributed by atoms with Gasteiger partial charge in [0.25, 0.3) is 5.56 Å². The van der Waals surface area contributed by atoms with Crippen molar-refractivity contribution >= 4 is 34.8 Å². The van der Waals surface area contributed by atoms with Crippen LogP contribution in [0.4, 0.5) is 0 Å². The van der Waals surface area contributed by atoms with Crippen molar-refractivity contribution in [1.82, 2.24) is 15.4 Å². The fraction of sp³-hybridized carbons (Fsp3) is 0.200. The second-order valence-corrected chi connectivity index (χ2v) is 6.47. The molecule has 0 aliphatic heterocycles. The predicted octanol–water partition coefficient (Wildman–Crippen LogP) is 2.68. The molecule has 0 bridgehead atoms. The zero-order valence-corrected chi connectivity index (χ0v) is 16.6. The number of fused-ring (bicyclic) bond motifs is 1. The Morgan fingerprint density at radius 3 is 2.83 bits per heavy atom. The Balaban J connectivity index is 1.61. The average molecular weight is 415 g/mol. The molecule has 2 N–H and O–H groups in total. The molecular weight excluding hydrogens is 396 g/mol. The summed E-state index contributed by atoms with van der Waals surface area (Å²) in [5, 5.41) is 4.27. The maximum atomic E-state index is 12.1. The van der Waals surface area contributed by atoms with Gasteiger partial charge in [-0.3, -0.25) is 9.59 Å². The SMILES string of the molecule is COc1cc(/C=N\NC(=O)CCc2nc3ccccc3[nH]c2=O)cc(Cl)c1OC. The predicted molar refractivity (Wildman–Crippen MR) is 111 cm³/mol. The third kappa shape index (κ3) is 4.91. The molecule has 8 nitrogen and oxygen atoms in total. The third-order valence-corrected chi connectivity index (χ3v) is 4.40. The maximum Gasteiger partial charge on any atom is 0.270 e. The number of aromatic nitrogens is 2. The number of nitrogens with zero attached hydrogens (tertiary/aromatic N) is 2. The number of H-pyrrole nitrogens is 1. The van der Waals surface area contributed by atoms with Crippen molar-refractivity contribution in [3.63, 3.8) is 0 Å². The molecule has 1 heterocycles. The summed E-state index contributed by atoms with van der Waals surface area (Å²) in [6.45, 7) is 0. The molecule has 0 spiro atoms. The molecule has 0 aliphatic rings. The van der Waals surface area contributed by atoms with Crippen molar-refractivity contribution in [2.75, 3.05) is 14.2 Å². The summed E-state index contributed by atoms with van der Waals surface area (Å²) in [7, 11) is 2.99. The second kappa shape index (κ2) is 9.20. The van der Waals surface area contributed by atoms with Gasteiger partial charge in [-0.1, -0.05) is 23.7 Å². The van der Waals surface area contributed by atoms with Gasteiger partial charge in [0, 0.05) is 12.8 Å². The number of hydrogen-bond acceptors (Lipinski definition) is 6. The van der Waals surface area contributed by atoms with Gasteiger partial charge in [0.05, 0.1) is 36.5 Å². The minimum Gasteiger partial charge on any atom is -0.493 e. The number of carbonyl (C=O) groups is 1. The molecule has 29 heavy (non-hydrogen) atoms. The second-order valence-electron chi connectivity index (χ2n) is 6.06. The summed E-state index contributed by atoms with van der Waals surface area (Å²) >= 11 is 6.14. The van der Waals surface area contributed by atoms with Crippen LogP contribution in [-0.2, 0) is 11.2 Å². The molecule has 0 saturated carbocycles. The quantitative estimate of drug-likeness (QED) is 0.456. The highest BCUT2D eigenvalue weighted by Gasteiger charge is 2.10. The summed E-state index contributed by atoms with van der Waals surface area (Å²) in [6, 6.07) is 10.5. The zero-order chi connectivity index (χ0) is 20.8. The number of halogens is 1. The van der Waals surface area contributed by atoms with E-state index in [1.54, 1.807) is 24.3 Å². The first-order chi connectivity index (χ1) is 14.0. The largest absolute Gasteiger partial charge is 0.493 e. The highest BCUT2D eigenvalue weighted by Crippen LogP contribution is 2.35. The Morgan fingerprint density at radius 1 is 1.28 bits per heavy atom. The first-order valence-electron chi connectivity index (χ1n) is 8.73. The lowest BCUT2D eigenvalue weighted by Crippen LogP contribution is -2.21.